The van der Waals surface area contributed by atoms with E-state index in [1.165, 1.54) is 63.7 Å². The third-order valence-electron chi connectivity index (χ3n) is 7.72. The smallest absolute Gasteiger partial charge is 0.248 e. The van der Waals surface area contributed by atoms with Gasteiger partial charge in [-0.25, -0.2) is 18.7 Å². The lowest BCUT2D eigenvalue weighted by atomic mass is 10.0. The summed E-state index contributed by atoms with van der Waals surface area (Å²) < 4.78 is 30.5. The zero-order chi connectivity index (χ0) is 31.6. The normalized spacial score (nSPS) is 15.6. The number of nitrogens with two attached hydrogens (primary N) is 2. The molecule has 2 aromatic heterocycles. The lowest BCUT2D eigenvalue weighted by Gasteiger charge is -2.11. The quantitative estimate of drug-likeness (QED) is 0.192. The van der Waals surface area contributed by atoms with Gasteiger partial charge in [0.15, 0.2) is 23.1 Å². The summed E-state index contributed by atoms with van der Waals surface area (Å²) in [6.07, 6.45) is 14.7. The van der Waals surface area contributed by atoms with Crippen molar-refractivity contribution in [3.8, 4) is 11.3 Å². The van der Waals surface area contributed by atoms with E-state index in [0.29, 0.717) is 34.8 Å². The minimum Gasteiger partial charge on any atom is -0.386 e. The molecule has 1 atom stereocenters. The molecule has 44 heavy (non-hydrogen) atoms. The van der Waals surface area contributed by atoms with Gasteiger partial charge in [0.2, 0.25) is 11.8 Å². The van der Waals surface area contributed by atoms with Gasteiger partial charge in [0.1, 0.15) is 0 Å². The Labute approximate surface area is 255 Å². The molecule has 1 unspecified atom stereocenters. The van der Waals surface area contributed by atoms with Crippen LogP contribution in [0.3, 0.4) is 0 Å². The van der Waals surface area contributed by atoms with Gasteiger partial charge >= 0.3 is 0 Å². The molecule has 2 aliphatic rings. The van der Waals surface area contributed by atoms with Crippen LogP contribution in [0, 0.1) is 11.6 Å². The molecular formula is C32H40F2N8O2. The Morgan fingerprint density at radius 1 is 1.02 bits per heavy atom. The molecule has 1 aliphatic carbocycles. The van der Waals surface area contributed by atoms with Crippen LogP contribution in [-0.2, 0) is 11.2 Å². The van der Waals surface area contributed by atoms with Crippen molar-refractivity contribution < 1.29 is 18.4 Å². The Hall–Kier alpha value is -4.58. The van der Waals surface area contributed by atoms with Crippen LogP contribution in [0.2, 0.25) is 0 Å². The summed E-state index contributed by atoms with van der Waals surface area (Å²) in [6.45, 7) is 2.87. The Bertz CT molecular complexity index is 1590. The molecule has 1 saturated heterocycles. The molecule has 0 bridgehead atoms. The molecule has 1 saturated carbocycles. The Morgan fingerprint density at radius 2 is 1.75 bits per heavy atom. The first-order chi connectivity index (χ1) is 21.2. The number of nitrogens with one attached hydrogen (secondary N) is 3. The molecule has 6 rings (SSSR count). The van der Waals surface area contributed by atoms with Gasteiger partial charge in [0.05, 0.1) is 23.6 Å². The fraction of sp³-hybridized carbons (Fsp3) is 0.375. The molecule has 10 nitrogen and oxygen atoms in total. The van der Waals surface area contributed by atoms with E-state index < -0.39 is 17.5 Å². The van der Waals surface area contributed by atoms with Crippen LogP contribution in [0.5, 0.6) is 0 Å². The lowest BCUT2D eigenvalue weighted by molar-refractivity contribution is -0.119. The van der Waals surface area contributed by atoms with Gasteiger partial charge in [0.25, 0.3) is 0 Å². The number of rotatable bonds is 7. The van der Waals surface area contributed by atoms with Crippen LogP contribution in [0.15, 0.2) is 48.9 Å². The van der Waals surface area contributed by atoms with Crippen LogP contribution >= 0.6 is 0 Å². The average Bonchev–Trinajstić information content (AvgIpc) is 3.83. The van der Waals surface area contributed by atoms with E-state index in [2.05, 4.69) is 25.9 Å². The summed E-state index contributed by atoms with van der Waals surface area (Å²) in [5.41, 5.74) is 13.4. The summed E-state index contributed by atoms with van der Waals surface area (Å²) in [7, 11) is 1.52. The molecular weight excluding hydrogens is 566 g/mol. The number of aromatic nitrogens is 3. The number of primary amides is 2. The van der Waals surface area contributed by atoms with E-state index in [0.717, 1.165) is 24.9 Å². The molecule has 0 radical (unpaired) electrons. The molecule has 2 aromatic carbocycles. The maximum atomic E-state index is 14.6. The first-order valence-electron chi connectivity index (χ1n) is 15.0. The van der Waals surface area contributed by atoms with Gasteiger partial charge in [-0.05, 0) is 61.7 Å². The predicted octanol–water partition coefficient (Wildman–Crippen LogP) is 5.30. The zero-order valence-electron chi connectivity index (χ0n) is 25.1. The molecule has 7 N–H and O–H groups in total. The van der Waals surface area contributed by atoms with Crippen LogP contribution < -0.4 is 27.4 Å². The fourth-order valence-electron chi connectivity index (χ4n) is 5.30. The lowest BCUT2D eigenvalue weighted by Crippen LogP contribution is -2.36. The summed E-state index contributed by atoms with van der Waals surface area (Å²) in [5.74, 6) is -2.20. The highest BCUT2D eigenvalue weighted by Crippen LogP contribution is 2.31. The van der Waals surface area contributed by atoms with Gasteiger partial charge < -0.3 is 27.4 Å². The Morgan fingerprint density at radius 3 is 2.32 bits per heavy atom. The van der Waals surface area contributed by atoms with Crippen molar-refractivity contribution in [2.75, 3.05) is 24.2 Å². The van der Waals surface area contributed by atoms with Crippen molar-refractivity contribution in [1.29, 1.82) is 0 Å². The number of carbonyl (C=O) groups excluding carboxylic acids is 2. The Kier molecular flexibility index (Phi) is 11.2. The second-order valence-electron chi connectivity index (χ2n) is 10.7. The zero-order valence-corrected chi connectivity index (χ0v) is 25.1. The molecule has 12 heteroatoms. The highest BCUT2D eigenvalue weighted by atomic mass is 19.2. The fourth-order valence-corrected chi connectivity index (χ4v) is 5.30. The number of imidazole rings is 1. The summed E-state index contributed by atoms with van der Waals surface area (Å²) in [4.78, 5) is 30.6. The van der Waals surface area contributed by atoms with Crippen molar-refractivity contribution in [2.24, 2.45) is 11.5 Å². The highest BCUT2D eigenvalue weighted by molar-refractivity contribution is 5.95. The van der Waals surface area contributed by atoms with Gasteiger partial charge in [-0.2, -0.15) is 0 Å². The van der Waals surface area contributed by atoms with Crippen LogP contribution in [-0.4, -0.2) is 45.8 Å². The average molecular weight is 607 g/mol. The van der Waals surface area contributed by atoms with Gasteiger partial charge in [-0.15, -0.1) is 0 Å². The number of hydrogen-bond acceptors (Lipinski definition) is 7. The van der Waals surface area contributed by atoms with Crippen molar-refractivity contribution in [3.63, 3.8) is 0 Å². The maximum absolute atomic E-state index is 14.6. The van der Waals surface area contributed by atoms with E-state index in [4.69, 9.17) is 11.5 Å². The minimum atomic E-state index is -0.963. The van der Waals surface area contributed by atoms with E-state index in [-0.39, 0.29) is 23.2 Å². The number of carbonyl (C=O) groups is 2. The van der Waals surface area contributed by atoms with E-state index in [1.807, 2.05) is 13.0 Å². The van der Waals surface area contributed by atoms with E-state index >= 15 is 0 Å². The number of aryl methyl sites for hydroxylation is 1. The first kappa shape index (κ1) is 32.3. The highest BCUT2D eigenvalue weighted by Gasteiger charge is 2.19. The molecule has 1 aliphatic heterocycles. The number of halogens is 2. The van der Waals surface area contributed by atoms with Gasteiger partial charge in [0, 0.05) is 36.3 Å². The number of fused-ring (bicyclic) bond motifs is 1. The third-order valence-corrected chi connectivity index (χ3v) is 7.72. The number of amides is 2. The molecule has 0 spiro atoms. The van der Waals surface area contributed by atoms with E-state index in [9.17, 15) is 18.4 Å². The van der Waals surface area contributed by atoms with Crippen LogP contribution in [0.1, 0.15) is 67.8 Å². The SMILES string of the molecule is C1CCCC1.CCc1cc(Nc2nccn3c(-c4ccc(NC)c(F)c4F)cnc23)ccc1C(N)=O.NC(=O)C1CCCN1. The monoisotopic (exact) mass is 606 g/mol. The van der Waals surface area contributed by atoms with Crippen molar-refractivity contribution in [3.05, 3.63) is 71.7 Å². The molecule has 4 aromatic rings. The third kappa shape index (κ3) is 7.67. The topological polar surface area (TPSA) is 152 Å². The number of hydrogen-bond donors (Lipinski definition) is 5. The summed E-state index contributed by atoms with van der Waals surface area (Å²) in [5, 5.41) is 8.77. The standard InChI is InChI=1S/C22H20F2N6O.C5H10N2O.C5H10/c1-3-12-10-13(4-5-14(12)20(25)31)29-21-22-28-11-17(30(22)9-8-27-21)15-6-7-16(26-2)19(24)18(15)23;6-5(8)4-2-1-3-7-4;1-2-4-5-3-1/h4-11,26H,3H2,1-2H3,(H2,25,31)(H,27,29);4,7H,1-3H2,(H2,6,8);1-5H2. The first-order valence-corrected chi connectivity index (χ1v) is 15.0. The van der Waals surface area contributed by atoms with Gasteiger partial charge in [-0.3, -0.25) is 14.0 Å². The number of anilines is 3. The number of nitrogens with zero attached hydrogens (tertiary/aromatic N) is 3. The number of benzene rings is 2. The van der Waals surface area contributed by atoms with Crippen molar-refractivity contribution in [2.45, 2.75) is 64.3 Å². The maximum Gasteiger partial charge on any atom is 0.248 e. The largest absolute Gasteiger partial charge is 0.386 e. The van der Waals surface area contributed by atoms with Gasteiger partial charge in [-0.1, -0.05) is 39.0 Å². The molecule has 234 valence electrons. The Balaban J connectivity index is 0.000000279. The van der Waals surface area contributed by atoms with Crippen molar-refractivity contribution in [1.82, 2.24) is 19.7 Å². The van der Waals surface area contributed by atoms with Crippen LogP contribution in [0.25, 0.3) is 16.9 Å². The summed E-state index contributed by atoms with van der Waals surface area (Å²) in [6, 6.07) is 8.12. The molecule has 3 heterocycles. The van der Waals surface area contributed by atoms with Crippen LogP contribution in [0.4, 0.5) is 26.0 Å². The molecule has 2 amide bonds. The second-order valence-corrected chi connectivity index (χ2v) is 10.7. The second kappa shape index (κ2) is 15.2. The predicted molar refractivity (Wildman–Crippen MR) is 169 cm³/mol. The van der Waals surface area contributed by atoms with E-state index in [1.54, 1.807) is 22.7 Å². The minimum absolute atomic E-state index is 0.0463. The molecule has 2 fully saturated rings. The summed E-state index contributed by atoms with van der Waals surface area (Å²) >= 11 is 0. The van der Waals surface area contributed by atoms with Crippen molar-refractivity contribution >= 4 is 34.7 Å².